The van der Waals surface area contributed by atoms with E-state index in [0.29, 0.717) is 16.4 Å². The third kappa shape index (κ3) is 2.19. The summed E-state index contributed by atoms with van der Waals surface area (Å²) in [7, 11) is 0. The summed E-state index contributed by atoms with van der Waals surface area (Å²) >= 11 is 1.38. The van der Waals surface area contributed by atoms with Crippen LogP contribution in [0, 0.1) is 0 Å². The molecule has 2 aromatic heterocycles. The van der Waals surface area contributed by atoms with Crippen LogP contribution in [0.2, 0.25) is 0 Å². The maximum atomic E-state index is 11.1. The van der Waals surface area contributed by atoms with E-state index in [4.69, 9.17) is 11.5 Å². The summed E-state index contributed by atoms with van der Waals surface area (Å²) in [6.45, 7) is 0. The number of nitrogens with two attached hydrogens (primary N) is 2. The van der Waals surface area contributed by atoms with E-state index in [1.807, 2.05) is 28.8 Å². The Morgan fingerprint density at radius 3 is 2.80 bits per heavy atom. The van der Waals surface area contributed by atoms with E-state index in [9.17, 15) is 4.79 Å². The van der Waals surface area contributed by atoms with Gasteiger partial charge in [-0.3, -0.25) is 9.20 Å². The predicted octanol–water partition coefficient (Wildman–Crippen LogP) is 1.56. The van der Waals surface area contributed by atoms with Gasteiger partial charge in [-0.15, -0.1) is 10.2 Å². The lowest BCUT2D eigenvalue weighted by atomic mass is 10.2. The third-order valence-corrected chi connectivity index (χ3v) is 3.83. The van der Waals surface area contributed by atoms with Gasteiger partial charge in [0.1, 0.15) is 0 Å². The fourth-order valence-corrected chi connectivity index (χ4v) is 2.63. The first kappa shape index (κ1) is 12.5. The molecule has 0 saturated heterocycles. The van der Waals surface area contributed by atoms with Gasteiger partial charge in [-0.25, -0.2) is 0 Å². The highest BCUT2D eigenvalue weighted by Crippen LogP contribution is 2.31. The number of hydrogen-bond acceptors (Lipinski definition) is 5. The molecule has 0 saturated carbocycles. The smallest absolute Gasteiger partial charge is 0.248 e. The van der Waals surface area contributed by atoms with Gasteiger partial charge in [0.15, 0.2) is 10.8 Å². The largest absolute Gasteiger partial charge is 0.398 e. The summed E-state index contributed by atoms with van der Waals surface area (Å²) in [4.78, 5) is 11.9. The molecule has 0 unspecified atom stereocenters. The van der Waals surface area contributed by atoms with Crippen LogP contribution in [0.5, 0.6) is 0 Å². The quantitative estimate of drug-likeness (QED) is 0.711. The average molecular weight is 285 g/mol. The van der Waals surface area contributed by atoms with Gasteiger partial charge in [-0.2, -0.15) is 0 Å². The minimum Gasteiger partial charge on any atom is -0.398 e. The molecule has 3 rings (SSSR count). The van der Waals surface area contributed by atoms with Crippen molar-refractivity contribution < 1.29 is 4.79 Å². The minimum absolute atomic E-state index is 0.387. The number of rotatable bonds is 3. The summed E-state index contributed by atoms with van der Waals surface area (Å²) < 4.78 is 1.87. The van der Waals surface area contributed by atoms with E-state index in [1.54, 1.807) is 18.2 Å². The molecule has 2 heterocycles. The number of fused-ring (bicyclic) bond motifs is 1. The van der Waals surface area contributed by atoms with E-state index in [2.05, 4.69) is 10.2 Å². The number of carbonyl (C=O) groups excluding carboxylic acids is 1. The van der Waals surface area contributed by atoms with Crippen LogP contribution >= 0.6 is 11.8 Å². The van der Waals surface area contributed by atoms with E-state index in [0.717, 1.165) is 10.5 Å². The molecule has 0 fully saturated rings. The fraction of sp³-hybridized carbons (Fsp3) is 0. The second kappa shape index (κ2) is 4.86. The maximum absolute atomic E-state index is 11.1. The summed E-state index contributed by atoms with van der Waals surface area (Å²) in [5, 5.41) is 8.89. The monoisotopic (exact) mass is 285 g/mol. The normalized spacial score (nSPS) is 10.8. The molecule has 1 amide bonds. The number of aromatic nitrogens is 3. The van der Waals surface area contributed by atoms with Crippen molar-refractivity contribution in [2.24, 2.45) is 5.73 Å². The van der Waals surface area contributed by atoms with E-state index in [-0.39, 0.29) is 0 Å². The Morgan fingerprint density at radius 1 is 1.20 bits per heavy atom. The number of nitrogens with zero attached hydrogens (tertiary/aromatic N) is 3. The Labute approximate surface area is 118 Å². The SMILES string of the molecule is NC(=O)c1ccc(Sc2nnc3ccccn23)c(N)c1. The molecule has 6 nitrogen and oxygen atoms in total. The molecular formula is C13H11N5OS. The van der Waals surface area contributed by atoms with Crippen molar-refractivity contribution >= 4 is 29.0 Å². The number of carbonyl (C=O) groups is 1. The Morgan fingerprint density at radius 2 is 2.05 bits per heavy atom. The van der Waals surface area contributed by atoms with Crippen LogP contribution < -0.4 is 11.5 Å². The molecule has 3 aromatic rings. The number of primary amides is 1. The zero-order valence-electron chi connectivity index (χ0n) is 10.4. The summed E-state index contributed by atoms with van der Waals surface area (Å²) in [5.74, 6) is -0.499. The van der Waals surface area contributed by atoms with Gasteiger partial charge in [0.2, 0.25) is 5.91 Å². The van der Waals surface area contributed by atoms with Crippen LogP contribution in [-0.4, -0.2) is 20.5 Å². The average Bonchev–Trinajstić information content (AvgIpc) is 2.84. The molecule has 0 aliphatic heterocycles. The van der Waals surface area contributed by atoms with Crippen LogP contribution in [0.4, 0.5) is 5.69 Å². The summed E-state index contributed by atoms with van der Waals surface area (Å²) in [6, 6.07) is 10.6. The first-order valence-electron chi connectivity index (χ1n) is 5.82. The highest BCUT2D eigenvalue weighted by Gasteiger charge is 2.10. The second-order valence-corrected chi connectivity index (χ2v) is 5.14. The van der Waals surface area contributed by atoms with Crippen molar-refractivity contribution in [2.75, 3.05) is 5.73 Å². The van der Waals surface area contributed by atoms with Crippen LogP contribution in [0.3, 0.4) is 0 Å². The van der Waals surface area contributed by atoms with Crippen molar-refractivity contribution in [1.82, 2.24) is 14.6 Å². The molecule has 0 atom stereocenters. The summed E-state index contributed by atoms with van der Waals surface area (Å²) in [5.41, 5.74) is 12.8. The van der Waals surface area contributed by atoms with Gasteiger partial charge >= 0.3 is 0 Å². The molecule has 0 bridgehead atoms. The van der Waals surface area contributed by atoms with Crippen molar-refractivity contribution in [3.8, 4) is 0 Å². The van der Waals surface area contributed by atoms with Crippen molar-refractivity contribution in [2.45, 2.75) is 10.1 Å². The third-order valence-electron chi connectivity index (χ3n) is 2.78. The lowest BCUT2D eigenvalue weighted by Gasteiger charge is -2.05. The summed E-state index contributed by atoms with van der Waals surface area (Å²) in [6.07, 6.45) is 1.88. The van der Waals surface area contributed by atoms with Crippen molar-refractivity contribution in [1.29, 1.82) is 0 Å². The van der Waals surface area contributed by atoms with Gasteiger partial charge in [-0.05, 0) is 42.1 Å². The van der Waals surface area contributed by atoms with Crippen LogP contribution in [0.1, 0.15) is 10.4 Å². The molecule has 20 heavy (non-hydrogen) atoms. The molecule has 0 aliphatic carbocycles. The number of pyridine rings is 1. The van der Waals surface area contributed by atoms with Crippen molar-refractivity contribution in [3.05, 3.63) is 48.2 Å². The number of hydrogen-bond donors (Lipinski definition) is 2. The second-order valence-electron chi connectivity index (χ2n) is 4.13. The first-order valence-corrected chi connectivity index (χ1v) is 6.64. The zero-order chi connectivity index (χ0) is 14.1. The molecule has 0 spiro atoms. The van der Waals surface area contributed by atoms with Gasteiger partial charge in [0, 0.05) is 22.3 Å². The highest BCUT2D eigenvalue weighted by molar-refractivity contribution is 7.99. The molecular weight excluding hydrogens is 274 g/mol. The molecule has 100 valence electrons. The predicted molar refractivity (Wildman–Crippen MR) is 76.5 cm³/mol. The van der Waals surface area contributed by atoms with Gasteiger partial charge in [0.05, 0.1) is 0 Å². The minimum atomic E-state index is -0.499. The van der Waals surface area contributed by atoms with Gasteiger partial charge < -0.3 is 11.5 Å². The Kier molecular flexibility index (Phi) is 3.03. The van der Waals surface area contributed by atoms with E-state index >= 15 is 0 Å². The standard InChI is InChI=1S/C13H11N5OS/c14-9-7-8(12(15)19)4-5-10(9)20-13-17-16-11-3-1-2-6-18(11)13/h1-7H,14H2,(H2,15,19). The molecule has 4 N–H and O–H groups in total. The first-order chi connectivity index (χ1) is 9.65. The topological polar surface area (TPSA) is 99.3 Å². The number of nitrogen functional groups attached to an aromatic ring is 1. The van der Waals surface area contributed by atoms with Crippen molar-refractivity contribution in [3.63, 3.8) is 0 Å². The Hall–Kier alpha value is -2.54. The Balaban J connectivity index is 1.97. The number of amides is 1. The van der Waals surface area contributed by atoms with E-state index in [1.165, 1.54) is 11.8 Å². The van der Waals surface area contributed by atoms with Gasteiger partial charge in [0.25, 0.3) is 0 Å². The lowest BCUT2D eigenvalue weighted by Crippen LogP contribution is -2.11. The number of benzene rings is 1. The lowest BCUT2D eigenvalue weighted by molar-refractivity contribution is 0.100. The van der Waals surface area contributed by atoms with E-state index < -0.39 is 5.91 Å². The molecule has 7 heteroatoms. The van der Waals surface area contributed by atoms with Crippen LogP contribution in [0.25, 0.3) is 5.65 Å². The maximum Gasteiger partial charge on any atom is 0.248 e. The fourth-order valence-electron chi connectivity index (χ4n) is 1.78. The Bertz CT molecular complexity index is 798. The zero-order valence-corrected chi connectivity index (χ0v) is 11.2. The van der Waals surface area contributed by atoms with Crippen LogP contribution in [0.15, 0.2) is 52.6 Å². The number of anilines is 1. The van der Waals surface area contributed by atoms with Crippen LogP contribution in [-0.2, 0) is 0 Å². The van der Waals surface area contributed by atoms with Gasteiger partial charge in [-0.1, -0.05) is 6.07 Å². The molecule has 1 aromatic carbocycles. The molecule has 0 radical (unpaired) electrons. The highest BCUT2D eigenvalue weighted by atomic mass is 32.2. The molecule has 0 aliphatic rings.